The van der Waals surface area contributed by atoms with Crippen molar-refractivity contribution in [2.75, 3.05) is 26.9 Å². The normalized spacial score (nSPS) is 19.0. The third-order valence-electron chi connectivity index (χ3n) is 4.41. The molecule has 0 saturated carbocycles. The maximum atomic E-state index is 13.0. The van der Waals surface area contributed by atoms with E-state index in [1.165, 1.54) is 12.0 Å². The molecule has 1 aliphatic heterocycles. The van der Waals surface area contributed by atoms with Crippen molar-refractivity contribution in [3.8, 4) is 0 Å². The van der Waals surface area contributed by atoms with E-state index in [2.05, 4.69) is 5.32 Å². The van der Waals surface area contributed by atoms with Crippen LogP contribution in [0.5, 0.6) is 0 Å². The molecule has 0 aromatic heterocycles. The highest BCUT2D eigenvalue weighted by Crippen LogP contribution is 2.26. The van der Waals surface area contributed by atoms with Crippen LogP contribution in [0.25, 0.3) is 0 Å². The first kappa shape index (κ1) is 22.2. The molecule has 0 spiro atoms. The van der Waals surface area contributed by atoms with E-state index in [0.717, 1.165) is 0 Å². The van der Waals surface area contributed by atoms with Gasteiger partial charge in [-0.3, -0.25) is 4.79 Å². The summed E-state index contributed by atoms with van der Waals surface area (Å²) in [5.74, 6) is -0.778. The standard InChI is InChI=1S/C18H32N2O6/c1-17(2,3)13(19-16(24)26-11-18(4,5)10-21)14(22)20-9-7-8-12(20)15(23)25-6/h12-13,21H,7-11H2,1-6H3,(H,19,24)/t12-,13+/m0/s1. The summed E-state index contributed by atoms with van der Waals surface area (Å²) in [6.07, 6.45) is 0.524. The molecule has 26 heavy (non-hydrogen) atoms. The monoisotopic (exact) mass is 372 g/mol. The van der Waals surface area contributed by atoms with Crippen molar-refractivity contribution >= 4 is 18.0 Å². The van der Waals surface area contributed by atoms with Gasteiger partial charge in [0, 0.05) is 12.0 Å². The van der Waals surface area contributed by atoms with Crippen LogP contribution in [0.2, 0.25) is 0 Å². The third-order valence-corrected chi connectivity index (χ3v) is 4.41. The molecule has 0 radical (unpaired) electrons. The van der Waals surface area contributed by atoms with E-state index in [4.69, 9.17) is 9.47 Å². The van der Waals surface area contributed by atoms with Gasteiger partial charge in [-0.05, 0) is 18.3 Å². The van der Waals surface area contributed by atoms with Crippen molar-refractivity contribution in [2.45, 2.75) is 59.5 Å². The number of hydrogen-bond donors (Lipinski definition) is 2. The van der Waals surface area contributed by atoms with E-state index in [1.807, 2.05) is 20.8 Å². The second-order valence-corrected chi connectivity index (χ2v) is 8.55. The highest BCUT2D eigenvalue weighted by molar-refractivity contribution is 5.90. The van der Waals surface area contributed by atoms with Crippen LogP contribution in [0, 0.1) is 10.8 Å². The quantitative estimate of drug-likeness (QED) is 0.681. The van der Waals surface area contributed by atoms with Crippen LogP contribution < -0.4 is 5.32 Å². The van der Waals surface area contributed by atoms with Crippen molar-refractivity contribution in [2.24, 2.45) is 10.8 Å². The summed E-state index contributed by atoms with van der Waals surface area (Å²) in [5, 5.41) is 11.9. The lowest BCUT2D eigenvalue weighted by molar-refractivity contribution is -0.152. The van der Waals surface area contributed by atoms with Crippen LogP contribution in [-0.4, -0.2) is 66.9 Å². The third kappa shape index (κ3) is 5.86. The Hall–Kier alpha value is -1.83. The van der Waals surface area contributed by atoms with Gasteiger partial charge in [0.05, 0.1) is 13.7 Å². The molecule has 0 bridgehead atoms. The van der Waals surface area contributed by atoms with E-state index in [-0.39, 0.29) is 19.1 Å². The Kier molecular flexibility index (Phi) is 7.44. The number of alkyl carbamates (subject to hydrolysis) is 1. The Morgan fingerprint density at radius 1 is 1.23 bits per heavy atom. The summed E-state index contributed by atoms with van der Waals surface area (Å²) >= 11 is 0. The van der Waals surface area contributed by atoms with Gasteiger partial charge >= 0.3 is 12.1 Å². The van der Waals surface area contributed by atoms with E-state index in [1.54, 1.807) is 13.8 Å². The van der Waals surface area contributed by atoms with Gasteiger partial charge in [0.25, 0.3) is 0 Å². The SMILES string of the molecule is COC(=O)[C@@H]1CCCN1C(=O)[C@@H](NC(=O)OCC(C)(C)CO)C(C)(C)C. The number of carbonyl (C=O) groups excluding carboxylic acids is 3. The number of esters is 1. The number of nitrogens with one attached hydrogen (secondary N) is 1. The first-order valence-corrected chi connectivity index (χ1v) is 8.85. The Morgan fingerprint density at radius 2 is 1.85 bits per heavy atom. The van der Waals surface area contributed by atoms with Gasteiger partial charge in [-0.2, -0.15) is 0 Å². The Balaban J connectivity index is 2.85. The van der Waals surface area contributed by atoms with Crippen molar-refractivity contribution in [1.82, 2.24) is 10.2 Å². The molecule has 8 nitrogen and oxygen atoms in total. The molecule has 0 unspecified atom stereocenters. The zero-order valence-corrected chi connectivity index (χ0v) is 16.6. The van der Waals surface area contributed by atoms with E-state index < -0.39 is 35.0 Å². The molecular weight excluding hydrogens is 340 g/mol. The van der Waals surface area contributed by atoms with Crippen LogP contribution in [-0.2, 0) is 19.1 Å². The highest BCUT2D eigenvalue weighted by atomic mass is 16.5. The molecule has 2 amide bonds. The average Bonchev–Trinajstić information content (AvgIpc) is 3.05. The van der Waals surface area contributed by atoms with Crippen LogP contribution in [0.4, 0.5) is 4.79 Å². The van der Waals surface area contributed by atoms with Gasteiger partial charge in [0.1, 0.15) is 18.7 Å². The van der Waals surface area contributed by atoms with Crippen LogP contribution in [0.3, 0.4) is 0 Å². The number of rotatable bonds is 6. The molecule has 0 aromatic carbocycles. The Labute approximate surface area is 155 Å². The molecule has 1 aliphatic rings. The van der Waals surface area contributed by atoms with E-state index in [0.29, 0.717) is 19.4 Å². The smallest absolute Gasteiger partial charge is 0.407 e. The molecule has 1 fully saturated rings. The Morgan fingerprint density at radius 3 is 2.35 bits per heavy atom. The fourth-order valence-electron chi connectivity index (χ4n) is 2.69. The lowest BCUT2D eigenvalue weighted by Crippen LogP contribution is -2.57. The molecule has 1 heterocycles. The zero-order valence-electron chi connectivity index (χ0n) is 16.6. The van der Waals surface area contributed by atoms with Crippen molar-refractivity contribution in [3.05, 3.63) is 0 Å². The molecular formula is C18H32N2O6. The first-order chi connectivity index (χ1) is 11.9. The van der Waals surface area contributed by atoms with Gasteiger partial charge in [-0.25, -0.2) is 9.59 Å². The molecule has 8 heteroatoms. The van der Waals surface area contributed by atoms with Crippen molar-refractivity contribution in [3.63, 3.8) is 0 Å². The number of carbonyl (C=O) groups is 3. The maximum absolute atomic E-state index is 13.0. The number of hydrogen-bond acceptors (Lipinski definition) is 6. The lowest BCUT2D eigenvalue weighted by atomic mass is 9.85. The summed E-state index contributed by atoms with van der Waals surface area (Å²) in [5.41, 5.74) is -1.14. The number of methoxy groups -OCH3 is 1. The Bertz CT molecular complexity index is 526. The van der Waals surface area contributed by atoms with Crippen LogP contribution in [0.1, 0.15) is 47.5 Å². The average molecular weight is 372 g/mol. The molecule has 0 aliphatic carbocycles. The number of amides is 2. The molecule has 2 atom stereocenters. The van der Waals surface area contributed by atoms with E-state index in [9.17, 15) is 19.5 Å². The predicted octanol–water partition coefficient (Wildman–Crippen LogP) is 1.31. The van der Waals surface area contributed by atoms with Crippen LogP contribution >= 0.6 is 0 Å². The first-order valence-electron chi connectivity index (χ1n) is 8.85. The van der Waals surface area contributed by atoms with Crippen molar-refractivity contribution in [1.29, 1.82) is 0 Å². The zero-order chi connectivity index (χ0) is 20.1. The number of aliphatic hydroxyl groups excluding tert-OH is 1. The molecule has 1 saturated heterocycles. The van der Waals surface area contributed by atoms with Gasteiger partial charge in [-0.15, -0.1) is 0 Å². The predicted molar refractivity (Wildman–Crippen MR) is 95.3 cm³/mol. The fourth-order valence-corrected chi connectivity index (χ4v) is 2.69. The summed E-state index contributed by atoms with van der Waals surface area (Å²) in [6.45, 7) is 9.35. The number of aliphatic hydroxyl groups is 1. The second-order valence-electron chi connectivity index (χ2n) is 8.55. The maximum Gasteiger partial charge on any atom is 0.407 e. The minimum atomic E-state index is -0.850. The minimum absolute atomic E-state index is 0.0227. The number of ether oxygens (including phenoxy) is 2. The van der Waals surface area contributed by atoms with E-state index >= 15 is 0 Å². The largest absolute Gasteiger partial charge is 0.467 e. The van der Waals surface area contributed by atoms with Gasteiger partial charge < -0.3 is 24.8 Å². The summed E-state index contributed by atoms with van der Waals surface area (Å²) < 4.78 is 9.94. The number of nitrogens with zero attached hydrogens (tertiary/aromatic N) is 1. The fraction of sp³-hybridized carbons (Fsp3) is 0.833. The molecule has 2 N–H and O–H groups in total. The lowest BCUT2D eigenvalue weighted by Gasteiger charge is -2.35. The van der Waals surface area contributed by atoms with Crippen molar-refractivity contribution < 1.29 is 29.0 Å². The second kappa shape index (κ2) is 8.70. The van der Waals surface area contributed by atoms with Gasteiger partial charge in [-0.1, -0.05) is 34.6 Å². The molecule has 150 valence electrons. The summed E-state index contributed by atoms with van der Waals surface area (Å²) in [7, 11) is 1.29. The summed E-state index contributed by atoms with van der Waals surface area (Å²) in [4.78, 5) is 38.6. The summed E-state index contributed by atoms with van der Waals surface area (Å²) in [6, 6.07) is -1.47. The highest BCUT2D eigenvalue weighted by Gasteiger charge is 2.42. The molecule has 0 aromatic rings. The number of likely N-dealkylation sites (tertiary alicyclic amines) is 1. The van der Waals surface area contributed by atoms with Gasteiger partial charge in [0.2, 0.25) is 5.91 Å². The van der Waals surface area contributed by atoms with Crippen LogP contribution in [0.15, 0.2) is 0 Å². The topological polar surface area (TPSA) is 105 Å². The minimum Gasteiger partial charge on any atom is -0.467 e. The molecule has 1 rings (SSSR count). The van der Waals surface area contributed by atoms with Gasteiger partial charge in [0.15, 0.2) is 0 Å².